The highest BCUT2D eigenvalue weighted by molar-refractivity contribution is 5.99. The van der Waals surface area contributed by atoms with Crippen LogP contribution in [0.2, 0.25) is 0 Å². The average molecular weight is 294 g/mol. The number of ether oxygens (including phenoxy) is 1. The highest BCUT2D eigenvalue weighted by Gasteiger charge is 2.30. The molecule has 2 atom stereocenters. The number of ketones is 1. The normalized spacial score (nSPS) is 20.0. The number of Topliss-reactive ketones (excluding diaryl/α,β-unsaturated/α-hetero) is 1. The number of halogens is 1. The van der Waals surface area contributed by atoms with Gasteiger partial charge in [-0.1, -0.05) is 0 Å². The Labute approximate surface area is 123 Å². The molecule has 1 heterocycles. The lowest BCUT2D eigenvalue weighted by Crippen LogP contribution is -2.41. The van der Waals surface area contributed by atoms with Gasteiger partial charge in [-0.15, -0.1) is 0 Å². The molecule has 0 bridgehead atoms. The molecule has 2 unspecified atom stereocenters. The quantitative estimate of drug-likeness (QED) is 0.861. The molecule has 1 saturated heterocycles. The molecule has 2 rings (SSSR count). The number of nitrogens with one attached hydrogen (secondary N) is 1. The van der Waals surface area contributed by atoms with Crippen molar-refractivity contribution in [2.24, 2.45) is 0 Å². The molecular formula is C15H19FN2O3. The summed E-state index contributed by atoms with van der Waals surface area (Å²) in [5.41, 5.74) is 0.494. The van der Waals surface area contributed by atoms with Gasteiger partial charge in [-0.3, -0.25) is 9.69 Å². The van der Waals surface area contributed by atoms with Gasteiger partial charge in [-0.25, -0.2) is 9.18 Å². The van der Waals surface area contributed by atoms with Crippen molar-refractivity contribution in [2.45, 2.75) is 25.4 Å². The molecule has 0 aliphatic carbocycles. The molecule has 1 aromatic rings. The van der Waals surface area contributed by atoms with Gasteiger partial charge in [0.1, 0.15) is 5.82 Å². The van der Waals surface area contributed by atoms with Gasteiger partial charge in [0, 0.05) is 24.7 Å². The second-order valence-corrected chi connectivity index (χ2v) is 5.16. The first-order valence-electron chi connectivity index (χ1n) is 6.89. The minimum Gasteiger partial charge on any atom is -0.453 e. The zero-order valence-electron chi connectivity index (χ0n) is 12.1. The topological polar surface area (TPSA) is 58.6 Å². The number of amides is 1. The summed E-state index contributed by atoms with van der Waals surface area (Å²) in [6.45, 7) is 3.15. The average Bonchev–Trinajstić information content (AvgIpc) is 2.94. The molecule has 5 nitrogen and oxygen atoms in total. The van der Waals surface area contributed by atoms with E-state index in [0.29, 0.717) is 12.1 Å². The Morgan fingerprint density at radius 3 is 2.67 bits per heavy atom. The second kappa shape index (κ2) is 6.67. The smallest absolute Gasteiger partial charge is 0.407 e. The van der Waals surface area contributed by atoms with E-state index in [9.17, 15) is 14.0 Å². The molecule has 0 radical (unpaired) electrons. The number of carbonyl (C=O) groups is 2. The fraction of sp³-hybridized carbons (Fsp3) is 0.467. The minimum absolute atomic E-state index is 0.0130. The Morgan fingerprint density at radius 2 is 2.05 bits per heavy atom. The van der Waals surface area contributed by atoms with Crippen LogP contribution >= 0.6 is 0 Å². The van der Waals surface area contributed by atoms with Gasteiger partial charge in [0.05, 0.1) is 13.2 Å². The molecule has 1 aliphatic heterocycles. The predicted molar refractivity (Wildman–Crippen MR) is 75.7 cm³/mol. The van der Waals surface area contributed by atoms with E-state index in [1.165, 1.54) is 31.4 Å². The van der Waals surface area contributed by atoms with Crippen molar-refractivity contribution in [3.05, 3.63) is 35.6 Å². The van der Waals surface area contributed by atoms with E-state index in [2.05, 4.69) is 10.1 Å². The number of methoxy groups -OCH3 is 1. The van der Waals surface area contributed by atoms with Gasteiger partial charge < -0.3 is 10.1 Å². The van der Waals surface area contributed by atoms with Crippen LogP contribution in [-0.4, -0.2) is 49.1 Å². The van der Waals surface area contributed by atoms with E-state index >= 15 is 0 Å². The number of carbonyl (C=O) groups excluding carboxylic acids is 2. The molecule has 6 heteroatoms. The van der Waals surface area contributed by atoms with Crippen molar-refractivity contribution in [3.8, 4) is 0 Å². The monoisotopic (exact) mass is 294 g/mol. The van der Waals surface area contributed by atoms with E-state index in [0.717, 1.165) is 13.0 Å². The molecule has 0 saturated carbocycles. The number of benzene rings is 1. The first-order valence-corrected chi connectivity index (χ1v) is 6.89. The zero-order chi connectivity index (χ0) is 15.4. The molecular weight excluding hydrogens is 275 g/mol. The second-order valence-electron chi connectivity index (χ2n) is 5.16. The molecule has 0 aromatic heterocycles. The number of rotatable bonds is 4. The third-order valence-corrected chi connectivity index (χ3v) is 3.78. The number of hydrogen-bond acceptors (Lipinski definition) is 4. The number of likely N-dealkylation sites (tertiary alicyclic amines) is 1. The zero-order valence-corrected chi connectivity index (χ0v) is 12.1. The Morgan fingerprint density at radius 1 is 1.38 bits per heavy atom. The van der Waals surface area contributed by atoms with Crippen molar-refractivity contribution < 1.29 is 18.7 Å². The maximum atomic E-state index is 12.9. The van der Waals surface area contributed by atoms with Crippen LogP contribution in [0, 0.1) is 5.82 Å². The third kappa shape index (κ3) is 3.78. The summed E-state index contributed by atoms with van der Waals surface area (Å²) in [7, 11) is 1.32. The van der Waals surface area contributed by atoms with Gasteiger partial charge in [0.25, 0.3) is 0 Å². The summed E-state index contributed by atoms with van der Waals surface area (Å²) in [5.74, 6) is -0.406. The first kappa shape index (κ1) is 15.4. The van der Waals surface area contributed by atoms with Crippen LogP contribution in [0.3, 0.4) is 0 Å². The molecule has 1 amide bonds. The standard InChI is InChI=1S/C15H19FN2O3/c1-10(14(19)11-3-5-12(16)6-4-11)18-8-7-13(9-18)17-15(20)21-2/h3-6,10,13H,7-9H2,1-2H3,(H,17,20). The van der Waals surface area contributed by atoms with Crippen molar-refractivity contribution in [1.82, 2.24) is 10.2 Å². The Hall–Kier alpha value is -1.95. The molecule has 1 aliphatic rings. The van der Waals surface area contributed by atoms with Gasteiger partial charge in [0.2, 0.25) is 0 Å². The van der Waals surface area contributed by atoms with Gasteiger partial charge in [0.15, 0.2) is 5.78 Å². The van der Waals surface area contributed by atoms with Crippen LogP contribution in [0.5, 0.6) is 0 Å². The lowest BCUT2D eigenvalue weighted by Gasteiger charge is -2.23. The summed E-state index contributed by atoms with van der Waals surface area (Å²) in [6.07, 6.45) is 0.315. The van der Waals surface area contributed by atoms with Gasteiger partial charge in [-0.2, -0.15) is 0 Å². The van der Waals surface area contributed by atoms with Crippen molar-refractivity contribution in [3.63, 3.8) is 0 Å². The first-order chi connectivity index (χ1) is 10.0. The fourth-order valence-electron chi connectivity index (χ4n) is 2.50. The molecule has 1 aromatic carbocycles. The number of alkyl carbamates (subject to hydrolysis) is 1. The van der Waals surface area contributed by atoms with Crippen LogP contribution in [0.25, 0.3) is 0 Å². The highest BCUT2D eigenvalue weighted by Crippen LogP contribution is 2.16. The summed E-state index contributed by atoms with van der Waals surface area (Å²) in [6, 6.07) is 5.24. The summed E-state index contributed by atoms with van der Waals surface area (Å²) in [5, 5.41) is 2.74. The van der Waals surface area contributed by atoms with Crippen LogP contribution in [0.15, 0.2) is 24.3 Å². The largest absolute Gasteiger partial charge is 0.453 e. The lowest BCUT2D eigenvalue weighted by atomic mass is 10.0. The molecule has 21 heavy (non-hydrogen) atoms. The summed E-state index contributed by atoms with van der Waals surface area (Å²) >= 11 is 0. The molecule has 1 N–H and O–H groups in total. The summed E-state index contributed by atoms with van der Waals surface area (Å²) < 4.78 is 17.4. The van der Waals surface area contributed by atoms with Crippen LogP contribution < -0.4 is 5.32 Å². The van der Waals surface area contributed by atoms with E-state index < -0.39 is 6.09 Å². The van der Waals surface area contributed by atoms with Crippen LogP contribution in [0.4, 0.5) is 9.18 Å². The molecule has 114 valence electrons. The predicted octanol–water partition coefficient (Wildman–Crippen LogP) is 1.83. The van der Waals surface area contributed by atoms with Crippen molar-refractivity contribution >= 4 is 11.9 Å². The van der Waals surface area contributed by atoms with Crippen molar-refractivity contribution in [2.75, 3.05) is 20.2 Å². The van der Waals surface area contributed by atoms with Gasteiger partial charge >= 0.3 is 6.09 Å². The van der Waals surface area contributed by atoms with E-state index in [1.807, 2.05) is 11.8 Å². The molecule has 0 spiro atoms. The Balaban J connectivity index is 1.94. The lowest BCUT2D eigenvalue weighted by molar-refractivity contribution is 0.0864. The summed E-state index contributed by atoms with van der Waals surface area (Å²) in [4.78, 5) is 25.5. The van der Waals surface area contributed by atoms with Crippen molar-refractivity contribution in [1.29, 1.82) is 0 Å². The fourth-order valence-corrected chi connectivity index (χ4v) is 2.50. The highest BCUT2D eigenvalue weighted by atomic mass is 19.1. The SMILES string of the molecule is COC(=O)NC1CCN(C(C)C(=O)c2ccc(F)cc2)C1. The van der Waals surface area contributed by atoms with Gasteiger partial charge in [-0.05, 0) is 37.6 Å². The Kier molecular flexibility index (Phi) is 4.90. The Bertz CT molecular complexity index is 518. The third-order valence-electron chi connectivity index (χ3n) is 3.78. The minimum atomic E-state index is -0.459. The van der Waals surface area contributed by atoms with Crippen LogP contribution in [-0.2, 0) is 4.74 Å². The maximum Gasteiger partial charge on any atom is 0.407 e. The maximum absolute atomic E-state index is 12.9. The molecule has 1 fully saturated rings. The number of hydrogen-bond donors (Lipinski definition) is 1. The van der Waals surface area contributed by atoms with E-state index in [1.54, 1.807) is 0 Å². The van der Waals surface area contributed by atoms with E-state index in [-0.39, 0.29) is 23.7 Å². The number of nitrogens with zero attached hydrogens (tertiary/aromatic N) is 1. The van der Waals surface area contributed by atoms with Crippen LogP contribution in [0.1, 0.15) is 23.7 Å². The van der Waals surface area contributed by atoms with E-state index in [4.69, 9.17) is 0 Å².